The second-order valence-electron chi connectivity index (χ2n) is 8.03. The van der Waals surface area contributed by atoms with Crippen LogP contribution in [-0.2, 0) is 9.59 Å². The van der Waals surface area contributed by atoms with Gasteiger partial charge in [0.2, 0.25) is 5.91 Å². The molecule has 0 aromatic carbocycles. The van der Waals surface area contributed by atoms with Crippen molar-refractivity contribution in [3.63, 3.8) is 0 Å². The summed E-state index contributed by atoms with van der Waals surface area (Å²) in [7, 11) is 0. The van der Waals surface area contributed by atoms with Crippen LogP contribution in [0.2, 0.25) is 0 Å². The monoisotopic (exact) mass is 337 g/mol. The molecule has 0 unspecified atom stereocenters. The third kappa shape index (κ3) is 4.28. The van der Waals surface area contributed by atoms with Crippen molar-refractivity contribution in [3.8, 4) is 0 Å². The van der Waals surface area contributed by atoms with Gasteiger partial charge in [-0.05, 0) is 57.3 Å². The molecular formula is C18H31N3O3. The Kier molecular flexibility index (Phi) is 5.88. The minimum atomic E-state index is -0.771. The van der Waals surface area contributed by atoms with Gasteiger partial charge in [-0.15, -0.1) is 0 Å². The Morgan fingerprint density at radius 3 is 2.46 bits per heavy atom. The average Bonchev–Trinajstić information content (AvgIpc) is 2.73. The van der Waals surface area contributed by atoms with Gasteiger partial charge in [0.05, 0.1) is 0 Å². The molecule has 2 N–H and O–H groups in total. The Balaban J connectivity index is 1.89. The van der Waals surface area contributed by atoms with Crippen LogP contribution in [0.5, 0.6) is 0 Å². The van der Waals surface area contributed by atoms with Crippen LogP contribution < -0.4 is 10.6 Å². The molecule has 0 aromatic rings. The Morgan fingerprint density at radius 1 is 1.25 bits per heavy atom. The third-order valence-electron chi connectivity index (χ3n) is 5.26. The highest BCUT2D eigenvalue weighted by Gasteiger charge is 2.52. The molecule has 0 radical (unpaired) electrons. The van der Waals surface area contributed by atoms with Crippen LogP contribution in [0.3, 0.4) is 0 Å². The number of rotatable bonds is 6. The molecule has 1 atom stereocenters. The molecule has 1 saturated carbocycles. The molecule has 2 rings (SSSR count). The number of amides is 4. The lowest BCUT2D eigenvalue weighted by molar-refractivity contribution is -0.136. The minimum Gasteiger partial charge on any atom is -0.352 e. The van der Waals surface area contributed by atoms with E-state index < -0.39 is 11.6 Å². The SMILES string of the molecule is CC(C)CC[C@H](C)NC(=O)CN1C(=O)NC2(CCC(C)CC2)C1=O. The number of hydrogen-bond donors (Lipinski definition) is 2. The first-order chi connectivity index (χ1) is 11.2. The molecule has 6 heteroatoms. The number of urea groups is 1. The van der Waals surface area contributed by atoms with Gasteiger partial charge >= 0.3 is 6.03 Å². The lowest BCUT2D eigenvalue weighted by Gasteiger charge is -2.33. The van der Waals surface area contributed by atoms with Gasteiger partial charge in [0.1, 0.15) is 12.1 Å². The van der Waals surface area contributed by atoms with Crippen molar-refractivity contribution in [2.75, 3.05) is 6.54 Å². The normalized spacial score (nSPS) is 28.4. The fourth-order valence-electron chi connectivity index (χ4n) is 3.53. The highest BCUT2D eigenvalue weighted by molar-refractivity contribution is 6.09. The quantitative estimate of drug-likeness (QED) is 0.731. The molecule has 4 amide bonds. The second kappa shape index (κ2) is 7.53. The van der Waals surface area contributed by atoms with Gasteiger partial charge in [-0.1, -0.05) is 20.8 Å². The summed E-state index contributed by atoms with van der Waals surface area (Å²) in [4.78, 5) is 38.2. The van der Waals surface area contributed by atoms with Crippen molar-refractivity contribution in [2.24, 2.45) is 11.8 Å². The van der Waals surface area contributed by atoms with Crippen LogP contribution >= 0.6 is 0 Å². The molecule has 2 aliphatic rings. The molecule has 1 aliphatic carbocycles. The van der Waals surface area contributed by atoms with Gasteiger partial charge in [-0.3, -0.25) is 14.5 Å². The Hall–Kier alpha value is -1.59. The summed E-state index contributed by atoms with van der Waals surface area (Å²) in [5.74, 6) is 0.670. The first kappa shape index (κ1) is 18.7. The van der Waals surface area contributed by atoms with E-state index in [2.05, 4.69) is 31.4 Å². The topological polar surface area (TPSA) is 78.5 Å². The van der Waals surface area contributed by atoms with Gasteiger partial charge in [-0.25, -0.2) is 4.79 Å². The standard InChI is InChI=1S/C18H31N3O3/c1-12(2)5-6-14(4)19-15(22)11-21-16(23)18(20-17(21)24)9-7-13(3)8-10-18/h12-14H,5-11H2,1-4H3,(H,19,22)(H,20,24)/t13?,14-,18?/m0/s1. The maximum Gasteiger partial charge on any atom is 0.325 e. The van der Waals surface area contributed by atoms with Gasteiger partial charge in [0, 0.05) is 6.04 Å². The van der Waals surface area contributed by atoms with Gasteiger partial charge < -0.3 is 10.6 Å². The van der Waals surface area contributed by atoms with Gasteiger partial charge in [0.15, 0.2) is 0 Å². The zero-order chi connectivity index (χ0) is 17.9. The Morgan fingerprint density at radius 2 is 1.88 bits per heavy atom. The van der Waals surface area contributed by atoms with E-state index in [1.54, 1.807) is 0 Å². The summed E-state index contributed by atoms with van der Waals surface area (Å²) < 4.78 is 0. The largest absolute Gasteiger partial charge is 0.352 e. The fraction of sp³-hybridized carbons (Fsp3) is 0.833. The van der Waals surface area contributed by atoms with Crippen molar-refractivity contribution < 1.29 is 14.4 Å². The molecule has 0 bridgehead atoms. The number of nitrogens with zero attached hydrogens (tertiary/aromatic N) is 1. The van der Waals surface area contributed by atoms with E-state index in [1.807, 2.05) is 6.92 Å². The lowest BCUT2D eigenvalue weighted by atomic mass is 9.77. The fourth-order valence-corrected chi connectivity index (χ4v) is 3.53. The van der Waals surface area contributed by atoms with Crippen LogP contribution in [0.15, 0.2) is 0 Å². The molecule has 0 aromatic heterocycles. The summed E-state index contributed by atoms with van der Waals surface area (Å²) >= 11 is 0. The van der Waals surface area contributed by atoms with Crippen LogP contribution in [0.1, 0.15) is 66.2 Å². The molecule has 6 nitrogen and oxygen atoms in total. The van der Waals surface area contributed by atoms with Crippen molar-refractivity contribution in [2.45, 2.75) is 77.8 Å². The molecule has 1 spiro atoms. The summed E-state index contributed by atoms with van der Waals surface area (Å²) in [6.45, 7) is 8.22. The summed E-state index contributed by atoms with van der Waals surface area (Å²) in [6.07, 6.45) is 5.12. The predicted molar refractivity (Wildman–Crippen MR) is 92.3 cm³/mol. The van der Waals surface area contributed by atoms with E-state index in [0.29, 0.717) is 24.7 Å². The molecule has 1 aliphatic heterocycles. The maximum absolute atomic E-state index is 12.7. The summed E-state index contributed by atoms with van der Waals surface area (Å²) in [5, 5.41) is 5.73. The van der Waals surface area contributed by atoms with Crippen LogP contribution in [0, 0.1) is 11.8 Å². The van der Waals surface area contributed by atoms with Crippen LogP contribution in [0.25, 0.3) is 0 Å². The number of imide groups is 1. The van der Waals surface area contributed by atoms with Gasteiger partial charge in [-0.2, -0.15) is 0 Å². The zero-order valence-corrected chi connectivity index (χ0v) is 15.4. The Labute approximate surface area is 144 Å². The van der Waals surface area contributed by atoms with Crippen molar-refractivity contribution in [1.29, 1.82) is 0 Å². The van der Waals surface area contributed by atoms with Gasteiger partial charge in [0.25, 0.3) is 5.91 Å². The number of carbonyl (C=O) groups excluding carboxylic acids is 3. The van der Waals surface area contributed by atoms with E-state index in [1.165, 1.54) is 0 Å². The first-order valence-corrected chi connectivity index (χ1v) is 9.17. The minimum absolute atomic E-state index is 0.0464. The van der Waals surface area contributed by atoms with Crippen molar-refractivity contribution >= 4 is 17.8 Å². The summed E-state index contributed by atoms with van der Waals surface area (Å²) in [6, 6.07) is -0.385. The molecular weight excluding hydrogens is 306 g/mol. The molecule has 1 heterocycles. The smallest absolute Gasteiger partial charge is 0.325 e. The molecule has 136 valence electrons. The number of nitrogens with one attached hydrogen (secondary N) is 2. The van der Waals surface area contributed by atoms with Crippen molar-refractivity contribution in [3.05, 3.63) is 0 Å². The first-order valence-electron chi connectivity index (χ1n) is 9.17. The second-order valence-corrected chi connectivity index (χ2v) is 8.03. The van der Waals surface area contributed by atoms with E-state index in [-0.39, 0.29) is 24.4 Å². The van der Waals surface area contributed by atoms with Crippen molar-refractivity contribution in [1.82, 2.24) is 15.5 Å². The predicted octanol–water partition coefficient (Wildman–Crippen LogP) is 2.43. The molecule has 24 heavy (non-hydrogen) atoms. The number of carbonyl (C=O) groups is 3. The van der Waals surface area contributed by atoms with E-state index in [0.717, 1.165) is 30.6 Å². The molecule has 1 saturated heterocycles. The number of hydrogen-bond acceptors (Lipinski definition) is 3. The molecule has 2 fully saturated rings. The van der Waals surface area contributed by atoms with E-state index in [4.69, 9.17) is 0 Å². The van der Waals surface area contributed by atoms with E-state index >= 15 is 0 Å². The Bertz CT molecular complexity index is 496. The zero-order valence-electron chi connectivity index (χ0n) is 15.4. The van der Waals surface area contributed by atoms with Crippen LogP contribution in [0.4, 0.5) is 4.79 Å². The lowest BCUT2D eigenvalue weighted by Crippen LogP contribution is -2.50. The highest BCUT2D eigenvalue weighted by Crippen LogP contribution is 2.36. The van der Waals surface area contributed by atoms with Crippen LogP contribution in [-0.4, -0.2) is 40.9 Å². The summed E-state index contributed by atoms with van der Waals surface area (Å²) in [5.41, 5.74) is -0.771. The maximum atomic E-state index is 12.7. The average molecular weight is 337 g/mol. The highest BCUT2D eigenvalue weighted by atomic mass is 16.2. The third-order valence-corrected chi connectivity index (χ3v) is 5.26. The van der Waals surface area contributed by atoms with E-state index in [9.17, 15) is 14.4 Å².